The number of rotatable bonds is 15. The molecule has 0 aliphatic carbocycles. The maximum atomic E-state index is 14.8. The minimum absolute atomic E-state index is 0.255. The molecule has 46 heavy (non-hydrogen) atoms. The first-order valence-corrected chi connectivity index (χ1v) is 16.7. The second-order valence-electron chi connectivity index (χ2n) is 13.1. The molecule has 0 aliphatic rings. The molecule has 0 aromatic heterocycles. The van der Waals surface area contributed by atoms with Gasteiger partial charge < -0.3 is 20.3 Å². The molecule has 0 saturated heterocycles. The number of amides is 3. The minimum atomic E-state index is -0.946. The van der Waals surface area contributed by atoms with Gasteiger partial charge in [0, 0.05) is 18.7 Å². The highest BCUT2D eigenvalue weighted by Gasteiger charge is 2.36. The zero-order chi connectivity index (χ0) is 33.7. The Kier molecular flexibility index (Phi) is 13.9. The Balaban J connectivity index is 2.09. The van der Waals surface area contributed by atoms with Gasteiger partial charge in [-0.15, -0.1) is 0 Å². The Morgan fingerprint density at radius 1 is 0.783 bits per heavy atom. The lowest BCUT2D eigenvalue weighted by molar-refractivity contribution is -0.140. The molecule has 0 heterocycles. The Bertz CT molecular complexity index is 1390. The predicted molar refractivity (Wildman–Crippen MR) is 187 cm³/mol. The molecule has 3 amide bonds. The maximum Gasteiger partial charge on any atom is 0.408 e. The molecule has 0 fully saturated rings. The van der Waals surface area contributed by atoms with Gasteiger partial charge in [0.1, 0.15) is 17.7 Å². The highest BCUT2D eigenvalue weighted by Crippen LogP contribution is 2.28. The lowest BCUT2D eigenvalue weighted by atomic mass is 9.98. The fraction of sp³-hybridized carbons (Fsp3) is 0.462. The highest BCUT2D eigenvalue weighted by molar-refractivity contribution is 6.00. The van der Waals surface area contributed by atoms with E-state index in [0.29, 0.717) is 6.54 Å². The maximum absolute atomic E-state index is 14.8. The molecule has 0 bridgehead atoms. The van der Waals surface area contributed by atoms with Crippen molar-refractivity contribution in [1.29, 1.82) is 0 Å². The van der Waals surface area contributed by atoms with Crippen LogP contribution in [-0.2, 0) is 27.2 Å². The third-order valence-corrected chi connectivity index (χ3v) is 8.05. The number of nitrogens with one attached hydrogen (secondary N) is 2. The van der Waals surface area contributed by atoms with Gasteiger partial charge in [-0.3, -0.25) is 9.59 Å². The standard InChI is InChI=1S/C39H53N3O4/c1-8-10-11-12-16-26-42(37(44)33(27-31-20-14-13-15-21-31)40-38(45)46-39(5,6)7)35(32-24-22-30(9-2)23-25-32)36(43)41-34-28(3)18-17-19-29(34)4/h13-15,17-25,33,35H,8-12,16,26-27H2,1-7H3,(H,40,45)(H,41,43). The van der Waals surface area contributed by atoms with Crippen LogP contribution in [0, 0.1) is 13.8 Å². The SMILES string of the molecule is CCCCCCCN(C(=O)C(Cc1ccccc1)NC(=O)OC(C)(C)C)C(C(=O)Nc1c(C)cccc1C)c1ccc(CC)cc1. The van der Waals surface area contributed by atoms with Crippen LogP contribution < -0.4 is 10.6 Å². The normalized spacial score (nSPS) is 12.6. The molecule has 2 unspecified atom stereocenters. The number of aryl methyl sites for hydroxylation is 3. The van der Waals surface area contributed by atoms with E-state index in [1.165, 1.54) is 0 Å². The molecule has 0 saturated carbocycles. The van der Waals surface area contributed by atoms with Gasteiger partial charge in [-0.25, -0.2) is 4.79 Å². The van der Waals surface area contributed by atoms with E-state index in [0.717, 1.165) is 72.0 Å². The number of para-hydroxylation sites is 1. The van der Waals surface area contributed by atoms with Gasteiger partial charge >= 0.3 is 6.09 Å². The van der Waals surface area contributed by atoms with Crippen LogP contribution >= 0.6 is 0 Å². The number of benzene rings is 3. The van der Waals surface area contributed by atoms with Crippen molar-refractivity contribution < 1.29 is 19.1 Å². The fourth-order valence-electron chi connectivity index (χ4n) is 5.56. The van der Waals surface area contributed by atoms with E-state index in [2.05, 4.69) is 24.5 Å². The van der Waals surface area contributed by atoms with E-state index in [1.54, 1.807) is 25.7 Å². The number of unbranched alkanes of at least 4 members (excludes halogenated alkanes) is 4. The van der Waals surface area contributed by atoms with Crippen LogP contribution in [0.3, 0.4) is 0 Å². The van der Waals surface area contributed by atoms with Gasteiger partial charge in [-0.1, -0.05) is 112 Å². The van der Waals surface area contributed by atoms with Crippen molar-refractivity contribution in [2.24, 2.45) is 0 Å². The first-order valence-electron chi connectivity index (χ1n) is 16.7. The Hall–Kier alpha value is -4.13. The summed E-state index contributed by atoms with van der Waals surface area (Å²) in [5.41, 5.74) is 4.65. The number of hydrogen-bond donors (Lipinski definition) is 2. The molecule has 2 N–H and O–H groups in total. The van der Waals surface area contributed by atoms with E-state index >= 15 is 0 Å². The van der Waals surface area contributed by atoms with E-state index in [1.807, 2.05) is 86.6 Å². The Labute approximate surface area is 276 Å². The monoisotopic (exact) mass is 627 g/mol. The fourth-order valence-corrected chi connectivity index (χ4v) is 5.56. The van der Waals surface area contributed by atoms with E-state index in [9.17, 15) is 14.4 Å². The molecule has 0 aliphatic heterocycles. The molecule has 3 rings (SSSR count). The zero-order valence-corrected chi connectivity index (χ0v) is 28.8. The van der Waals surface area contributed by atoms with Crippen molar-refractivity contribution in [1.82, 2.24) is 10.2 Å². The van der Waals surface area contributed by atoms with E-state index in [4.69, 9.17) is 4.74 Å². The summed E-state index contributed by atoms with van der Waals surface area (Å²) in [6.45, 7) is 13.9. The Morgan fingerprint density at radius 2 is 1.41 bits per heavy atom. The van der Waals surface area contributed by atoms with Crippen LogP contribution in [0.25, 0.3) is 0 Å². The van der Waals surface area contributed by atoms with Gasteiger partial charge in [0.2, 0.25) is 5.91 Å². The van der Waals surface area contributed by atoms with Crippen molar-refractivity contribution in [3.8, 4) is 0 Å². The quantitative estimate of drug-likeness (QED) is 0.166. The van der Waals surface area contributed by atoms with Crippen LogP contribution in [0.1, 0.15) is 101 Å². The summed E-state index contributed by atoms with van der Waals surface area (Å²) < 4.78 is 5.58. The van der Waals surface area contributed by atoms with E-state index < -0.39 is 23.8 Å². The molecule has 3 aromatic carbocycles. The van der Waals surface area contributed by atoms with Crippen molar-refractivity contribution in [3.05, 3.63) is 101 Å². The summed E-state index contributed by atoms with van der Waals surface area (Å²) in [7, 11) is 0. The van der Waals surface area contributed by atoms with E-state index in [-0.39, 0.29) is 18.2 Å². The summed E-state index contributed by atoms with van der Waals surface area (Å²) in [6, 6.07) is 21.5. The van der Waals surface area contributed by atoms with Gasteiger partial charge in [0.05, 0.1) is 0 Å². The van der Waals surface area contributed by atoms with Crippen LogP contribution in [0.2, 0.25) is 0 Å². The molecule has 7 heteroatoms. The first kappa shape index (κ1) is 36.3. The third-order valence-electron chi connectivity index (χ3n) is 8.05. The molecular formula is C39H53N3O4. The van der Waals surface area contributed by atoms with Crippen molar-refractivity contribution in [2.45, 2.75) is 111 Å². The number of hydrogen-bond acceptors (Lipinski definition) is 4. The molecule has 2 atom stereocenters. The average Bonchev–Trinajstić information content (AvgIpc) is 3.01. The number of carbonyl (C=O) groups is 3. The van der Waals surface area contributed by atoms with Crippen LogP contribution in [0.15, 0.2) is 72.8 Å². The second-order valence-corrected chi connectivity index (χ2v) is 13.1. The summed E-state index contributed by atoms with van der Waals surface area (Å²) in [6.07, 6.45) is 5.37. The highest BCUT2D eigenvalue weighted by atomic mass is 16.6. The first-order chi connectivity index (χ1) is 21.9. The molecule has 0 radical (unpaired) electrons. The summed E-state index contributed by atoms with van der Waals surface area (Å²) in [5, 5.41) is 6.03. The lowest BCUT2D eigenvalue weighted by Crippen LogP contribution is -2.53. The molecular weight excluding hydrogens is 574 g/mol. The number of nitrogens with zero attached hydrogens (tertiary/aromatic N) is 1. The third kappa shape index (κ3) is 11.0. The topological polar surface area (TPSA) is 87.7 Å². The summed E-state index contributed by atoms with van der Waals surface area (Å²) in [4.78, 5) is 44.0. The molecule has 248 valence electrons. The van der Waals surface area contributed by atoms with Gasteiger partial charge in [0.25, 0.3) is 5.91 Å². The summed E-state index contributed by atoms with van der Waals surface area (Å²) >= 11 is 0. The zero-order valence-electron chi connectivity index (χ0n) is 28.8. The van der Waals surface area contributed by atoms with Crippen molar-refractivity contribution in [3.63, 3.8) is 0 Å². The minimum Gasteiger partial charge on any atom is -0.444 e. The number of ether oxygens (including phenoxy) is 1. The number of alkyl carbamates (subject to hydrolysis) is 1. The number of carbonyl (C=O) groups excluding carboxylic acids is 3. The largest absolute Gasteiger partial charge is 0.444 e. The lowest BCUT2D eigenvalue weighted by Gasteiger charge is -2.35. The van der Waals surface area contributed by atoms with Gasteiger partial charge in [0.15, 0.2) is 0 Å². The average molecular weight is 628 g/mol. The summed E-state index contributed by atoms with van der Waals surface area (Å²) in [5.74, 6) is -0.620. The van der Waals surface area contributed by atoms with Crippen molar-refractivity contribution >= 4 is 23.6 Å². The van der Waals surface area contributed by atoms with Gasteiger partial charge in [-0.05, 0) is 75.3 Å². The molecule has 0 spiro atoms. The second kappa shape index (κ2) is 17.5. The predicted octanol–water partition coefficient (Wildman–Crippen LogP) is 8.48. The van der Waals surface area contributed by atoms with Crippen LogP contribution in [0.5, 0.6) is 0 Å². The molecule has 3 aromatic rings. The molecule has 7 nitrogen and oxygen atoms in total. The van der Waals surface area contributed by atoms with Crippen LogP contribution in [-0.4, -0.2) is 41.0 Å². The van der Waals surface area contributed by atoms with Crippen molar-refractivity contribution in [2.75, 3.05) is 11.9 Å². The smallest absolute Gasteiger partial charge is 0.408 e. The Morgan fingerprint density at radius 3 is 2.00 bits per heavy atom. The number of anilines is 1. The van der Waals surface area contributed by atoms with Gasteiger partial charge in [-0.2, -0.15) is 0 Å². The van der Waals surface area contributed by atoms with Crippen LogP contribution in [0.4, 0.5) is 10.5 Å².